The van der Waals surface area contributed by atoms with E-state index in [0.29, 0.717) is 18.0 Å². The normalized spacial score (nSPS) is 11.9. The summed E-state index contributed by atoms with van der Waals surface area (Å²) in [6.45, 7) is 6.60. The van der Waals surface area contributed by atoms with Gasteiger partial charge in [-0.15, -0.1) is 0 Å². The minimum atomic E-state index is -4.82. The molecule has 0 atom stereocenters. The quantitative estimate of drug-likeness (QED) is 0.108. The van der Waals surface area contributed by atoms with Gasteiger partial charge in [-0.1, -0.05) is 31.8 Å². The number of methoxy groups -OCH3 is 1. The van der Waals surface area contributed by atoms with Crippen LogP contribution in [0.1, 0.15) is 5.56 Å². The number of nitrogens with zero attached hydrogens (tertiary/aromatic N) is 2. The van der Waals surface area contributed by atoms with E-state index in [-0.39, 0.29) is 18.1 Å². The number of pyridine rings is 1. The molecule has 42 heavy (non-hydrogen) atoms. The number of halogens is 5. The fourth-order valence-electron chi connectivity index (χ4n) is 4.00. The van der Waals surface area contributed by atoms with Crippen molar-refractivity contribution in [2.75, 3.05) is 24.4 Å². The minimum Gasteiger partial charge on any atom is -0.495 e. The fourth-order valence-corrected chi connectivity index (χ4v) is 4.75. The van der Waals surface area contributed by atoms with E-state index in [4.69, 9.17) is 14.2 Å². The summed E-state index contributed by atoms with van der Waals surface area (Å²) in [5.41, 5.74) is -1.17. The molecule has 0 aliphatic heterocycles. The van der Waals surface area contributed by atoms with Crippen molar-refractivity contribution in [2.24, 2.45) is 0 Å². The highest BCUT2D eigenvalue weighted by Crippen LogP contribution is 2.42. The van der Waals surface area contributed by atoms with Crippen LogP contribution in [-0.4, -0.2) is 37.4 Å². The zero-order valence-electron chi connectivity index (χ0n) is 23.2. The van der Waals surface area contributed by atoms with Crippen LogP contribution in [0.5, 0.6) is 17.2 Å². The van der Waals surface area contributed by atoms with E-state index in [0.717, 1.165) is 30.4 Å². The third-order valence-electron chi connectivity index (χ3n) is 6.07. The van der Waals surface area contributed by atoms with Crippen LogP contribution in [0.15, 0.2) is 54.9 Å². The number of ether oxygens (including phenoxy) is 3. The van der Waals surface area contributed by atoms with Gasteiger partial charge in [0.1, 0.15) is 23.9 Å². The van der Waals surface area contributed by atoms with E-state index in [1.807, 2.05) is 0 Å². The number of para-hydroxylation sites is 2. The second kappa shape index (κ2) is 12.4. The van der Waals surface area contributed by atoms with Crippen molar-refractivity contribution in [3.8, 4) is 17.2 Å². The topological polar surface area (TPSA) is 86.6 Å². The molecule has 4 aromatic rings. The zero-order chi connectivity index (χ0) is 30.7. The molecule has 0 radical (unpaired) electrons. The number of carbonyl (C=O) groups is 1. The predicted molar refractivity (Wildman–Crippen MR) is 151 cm³/mol. The van der Waals surface area contributed by atoms with Gasteiger partial charge in [-0.3, -0.25) is 0 Å². The molecule has 0 saturated carbocycles. The van der Waals surface area contributed by atoms with Gasteiger partial charge >= 0.3 is 12.2 Å². The van der Waals surface area contributed by atoms with Crippen LogP contribution in [0.4, 0.5) is 38.1 Å². The molecule has 4 rings (SSSR count). The number of hydrogen-bond acceptors (Lipinski definition) is 5. The van der Waals surface area contributed by atoms with Gasteiger partial charge in [0, 0.05) is 44.9 Å². The van der Waals surface area contributed by atoms with Crippen LogP contribution in [0.2, 0.25) is 25.7 Å². The second-order valence-corrected chi connectivity index (χ2v) is 16.1. The van der Waals surface area contributed by atoms with Gasteiger partial charge in [-0.2, -0.15) is 13.2 Å². The van der Waals surface area contributed by atoms with Crippen LogP contribution < -0.4 is 20.1 Å². The maximum Gasteiger partial charge on any atom is 0.418 e. The van der Waals surface area contributed by atoms with E-state index >= 15 is 8.78 Å². The molecule has 0 bridgehead atoms. The van der Waals surface area contributed by atoms with E-state index in [1.54, 1.807) is 24.3 Å². The Morgan fingerprint density at radius 2 is 1.71 bits per heavy atom. The first-order valence-electron chi connectivity index (χ1n) is 12.8. The number of anilines is 2. The summed E-state index contributed by atoms with van der Waals surface area (Å²) in [7, 11) is -0.0137. The van der Waals surface area contributed by atoms with Crippen molar-refractivity contribution in [1.29, 1.82) is 0 Å². The number of carbonyl (C=O) groups excluding carboxylic acids is 1. The van der Waals surface area contributed by atoms with Crippen molar-refractivity contribution in [1.82, 2.24) is 9.55 Å². The van der Waals surface area contributed by atoms with Crippen molar-refractivity contribution in [3.05, 3.63) is 72.1 Å². The molecule has 2 N–H and O–H groups in total. The number of alkyl halides is 3. The van der Waals surface area contributed by atoms with Gasteiger partial charge in [-0.25, -0.2) is 18.6 Å². The minimum absolute atomic E-state index is 0.125. The molecule has 2 heterocycles. The van der Waals surface area contributed by atoms with E-state index < -0.39 is 54.4 Å². The largest absolute Gasteiger partial charge is 0.495 e. The lowest BCUT2D eigenvalue weighted by Crippen LogP contribution is -2.22. The molecule has 8 nitrogen and oxygen atoms in total. The lowest BCUT2D eigenvalue weighted by molar-refractivity contribution is -0.136. The molecule has 0 saturated heterocycles. The summed E-state index contributed by atoms with van der Waals surface area (Å²) in [6.07, 6.45) is -2.81. The Morgan fingerprint density at radius 1 is 1.02 bits per heavy atom. The summed E-state index contributed by atoms with van der Waals surface area (Å²) in [4.78, 5) is 16.4. The maximum absolute atomic E-state index is 15.0. The molecule has 2 amide bonds. The first-order valence-corrected chi connectivity index (χ1v) is 16.5. The van der Waals surface area contributed by atoms with Crippen molar-refractivity contribution in [3.63, 3.8) is 0 Å². The average molecular weight is 609 g/mol. The van der Waals surface area contributed by atoms with Crippen LogP contribution in [0.3, 0.4) is 0 Å². The predicted octanol–water partition coefficient (Wildman–Crippen LogP) is 8.09. The molecule has 224 valence electrons. The third kappa shape index (κ3) is 7.36. The van der Waals surface area contributed by atoms with Crippen molar-refractivity contribution in [2.45, 2.75) is 38.6 Å². The Morgan fingerprint density at radius 3 is 2.36 bits per heavy atom. The average Bonchev–Trinajstić information content (AvgIpc) is 3.28. The third-order valence-corrected chi connectivity index (χ3v) is 7.78. The molecule has 0 spiro atoms. The lowest BCUT2D eigenvalue weighted by atomic mass is 10.2. The van der Waals surface area contributed by atoms with Gasteiger partial charge < -0.3 is 29.4 Å². The van der Waals surface area contributed by atoms with Crippen LogP contribution >= 0.6 is 0 Å². The standard InChI is InChI=1S/C28H29F5N4O4Si/c1-39-22-8-6-5-7-21(22)36-27(38)35-17-13-19(29)25(20(30)14-17)41-23-9-10-34-26-24(23)18(28(31,32)33)15-37(26)16-40-11-12-42(2,3)4/h5-10,13-15H,11-12,16H2,1-4H3,(H2,35,36,38). The molecule has 0 fully saturated rings. The Kier molecular flexibility index (Phi) is 9.06. The summed E-state index contributed by atoms with van der Waals surface area (Å²) < 4.78 is 89.3. The summed E-state index contributed by atoms with van der Waals surface area (Å²) in [5.74, 6) is -3.56. The van der Waals surface area contributed by atoms with Crippen LogP contribution in [-0.2, 0) is 17.6 Å². The first kappa shape index (κ1) is 30.8. The number of nitrogens with one attached hydrogen (secondary N) is 2. The second-order valence-electron chi connectivity index (χ2n) is 10.5. The zero-order valence-corrected chi connectivity index (χ0v) is 24.2. The van der Waals surface area contributed by atoms with Gasteiger partial charge in [-0.05, 0) is 24.2 Å². The van der Waals surface area contributed by atoms with Crippen LogP contribution in [0, 0.1) is 11.6 Å². The molecule has 2 aromatic heterocycles. The SMILES string of the molecule is COc1ccccc1NC(=O)Nc1cc(F)c(Oc2ccnc3c2c(C(F)(F)F)cn3COCC[Si](C)(C)C)c(F)c1. The maximum atomic E-state index is 15.0. The number of hydrogen-bond donors (Lipinski definition) is 2. The van der Waals surface area contributed by atoms with E-state index in [9.17, 15) is 18.0 Å². The highest BCUT2D eigenvalue weighted by molar-refractivity contribution is 6.76. The Bertz CT molecular complexity index is 1560. The number of aromatic nitrogens is 2. The summed E-state index contributed by atoms with van der Waals surface area (Å²) in [5, 5.41) is 4.32. The lowest BCUT2D eigenvalue weighted by Gasteiger charge is -2.15. The molecule has 0 unspecified atom stereocenters. The van der Waals surface area contributed by atoms with Gasteiger partial charge in [0.2, 0.25) is 0 Å². The number of urea groups is 1. The fraction of sp³-hybridized carbons (Fsp3) is 0.286. The molecule has 14 heteroatoms. The van der Waals surface area contributed by atoms with Crippen molar-refractivity contribution < 1.29 is 41.0 Å². The number of benzene rings is 2. The number of amides is 2. The molecule has 0 aliphatic carbocycles. The molecular formula is C28H29F5N4O4Si. The van der Waals surface area contributed by atoms with Crippen molar-refractivity contribution >= 4 is 36.5 Å². The molecule has 2 aromatic carbocycles. The van der Waals surface area contributed by atoms with E-state index in [1.165, 1.54) is 17.9 Å². The first-order chi connectivity index (χ1) is 19.8. The van der Waals surface area contributed by atoms with E-state index in [2.05, 4.69) is 35.3 Å². The summed E-state index contributed by atoms with van der Waals surface area (Å²) >= 11 is 0. The smallest absolute Gasteiger partial charge is 0.418 e. The highest BCUT2D eigenvalue weighted by atomic mass is 28.3. The Balaban J connectivity index is 1.58. The monoisotopic (exact) mass is 608 g/mol. The highest BCUT2D eigenvalue weighted by Gasteiger charge is 2.37. The molecular weight excluding hydrogens is 579 g/mol. The van der Waals surface area contributed by atoms with Gasteiger partial charge in [0.05, 0.1) is 23.7 Å². The van der Waals surface area contributed by atoms with Crippen LogP contribution in [0.25, 0.3) is 11.0 Å². The number of rotatable bonds is 10. The Labute approximate surface area is 239 Å². The molecule has 0 aliphatic rings. The Hall–Kier alpha value is -4.17. The van der Waals surface area contributed by atoms with Gasteiger partial charge in [0.15, 0.2) is 17.4 Å². The summed E-state index contributed by atoms with van der Waals surface area (Å²) in [6, 6.07) is 9.15. The number of fused-ring (bicyclic) bond motifs is 1. The van der Waals surface area contributed by atoms with Gasteiger partial charge in [0.25, 0.3) is 0 Å².